The lowest BCUT2D eigenvalue weighted by Gasteiger charge is -2.29. The minimum Gasteiger partial charge on any atom is -0.344 e. The molecule has 0 spiro atoms. The van der Waals surface area contributed by atoms with Crippen molar-refractivity contribution in [2.24, 2.45) is 5.92 Å². The Morgan fingerprint density at radius 2 is 1.79 bits per heavy atom. The van der Waals surface area contributed by atoms with E-state index in [-0.39, 0.29) is 24.1 Å². The molecule has 0 bridgehead atoms. The molecule has 1 aliphatic rings. The first-order valence-electron chi connectivity index (χ1n) is 9.65. The number of anilines is 1. The van der Waals surface area contributed by atoms with Crippen LogP contribution in [0, 0.1) is 5.92 Å². The fraction of sp³-hybridized carbons (Fsp3) is 0.550. The van der Waals surface area contributed by atoms with E-state index in [1.807, 2.05) is 0 Å². The Hall–Kier alpha value is -2.58. The SMILES string of the molecule is CCN(CC(=O)Nc1ccccc1C(F)(F)F)C(=O)C(NC(C)=O)C1CCCC1. The molecule has 2 rings (SSSR count). The van der Waals surface area contributed by atoms with Gasteiger partial charge in [-0.25, -0.2) is 0 Å². The van der Waals surface area contributed by atoms with E-state index in [4.69, 9.17) is 0 Å². The van der Waals surface area contributed by atoms with Crippen molar-refractivity contribution in [3.05, 3.63) is 29.8 Å². The predicted molar refractivity (Wildman–Crippen MR) is 102 cm³/mol. The highest BCUT2D eigenvalue weighted by atomic mass is 19.4. The maximum absolute atomic E-state index is 13.1. The number of likely N-dealkylation sites (N-methyl/N-ethyl adjacent to an activating group) is 1. The third-order valence-corrected chi connectivity index (χ3v) is 5.03. The lowest BCUT2D eigenvalue weighted by atomic mass is 9.96. The highest BCUT2D eigenvalue weighted by Gasteiger charge is 2.35. The average molecular weight is 413 g/mol. The predicted octanol–water partition coefficient (Wildman–Crippen LogP) is 3.19. The zero-order valence-electron chi connectivity index (χ0n) is 16.5. The van der Waals surface area contributed by atoms with E-state index < -0.39 is 36.1 Å². The number of benzene rings is 1. The van der Waals surface area contributed by atoms with Gasteiger partial charge in [0.1, 0.15) is 6.04 Å². The van der Waals surface area contributed by atoms with Gasteiger partial charge in [0.25, 0.3) is 0 Å². The highest BCUT2D eigenvalue weighted by molar-refractivity contribution is 5.96. The van der Waals surface area contributed by atoms with E-state index >= 15 is 0 Å². The molecule has 1 unspecified atom stereocenters. The Kier molecular flexibility index (Phi) is 7.64. The maximum Gasteiger partial charge on any atom is 0.418 e. The summed E-state index contributed by atoms with van der Waals surface area (Å²) < 4.78 is 39.3. The summed E-state index contributed by atoms with van der Waals surface area (Å²) in [6.07, 6.45) is -1.06. The molecule has 160 valence electrons. The van der Waals surface area contributed by atoms with Crippen molar-refractivity contribution in [3.63, 3.8) is 0 Å². The highest BCUT2D eigenvalue weighted by Crippen LogP contribution is 2.34. The van der Waals surface area contributed by atoms with Crippen LogP contribution in [0.15, 0.2) is 24.3 Å². The summed E-state index contributed by atoms with van der Waals surface area (Å²) in [6.45, 7) is 2.79. The van der Waals surface area contributed by atoms with E-state index in [1.54, 1.807) is 6.92 Å². The van der Waals surface area contributed by atoms with Crippen LogP contribution in [0.25, 0.3) is 0 Å². The van der Waals surface area contributed by atoms with Crippen LogP contribution in [0.5, 0.6) is 0 Å². The smallest absolute Gasteiger partial charge is 0.344 e. The number of hydrogen-bond donors (Lipinski definition) is 2. The van der Waals surface area contributed by atoms with Gasteiger partial charge in [0.15, 0.2) is 0 Å². The minimum atomic E-state index is -4.61. The van der Waals surface area contributed by atoms with E-state index in [2.05, 4.69) is 10.6 Å². The summed E-state index contributed by atoms with van der Waals surface area (Å²) in [5, 5.41) is 4.92. The van der Waals surface area contributed by atoms with Crippen molar-refractivity contribution in [1.82, 2.24) is 10.2 Å². The lowest BCUT2D eigenvalue weighted by molar-refractivity contribution is -0.139. The number of alkyl halides is 3. The molecule has 0 radical (unpaired) electrons. The van der Waals surface area contributed by atoms with Gasteiger partial charge in [0.05, 0.1) is 17.8 Å². The van der Waals surface area contributed by atoms with Gasteiger partial charge in [-0.3, -0.25) is 14.4 Å². The number of hydrogen-bond acceptors (Lipinski definition) is 3. The number of carbonyl (C=O) groups is 3. The van der Waals surface area contributed by atoms with E-state index in [0.717, 1.165) is 37.8 Å². The molecule has 9 heteroatoms. The van der Waals surface area contributed by atoms with Gasteiger partial charge in [-0.2, -0.15) is 13.2 Å². The number of nitrogens with zero attached hydrogens (tertiary/aromatic N) is 1. The Balaban J connectivity index is 2.11. The van der Waals surface area contributed by atoms with Gasteiger partial charge in [-0.15, -0.1) is 0 Å². The molecule has 6 nitrogen and oxygen atoms in total. The molecule has 0 heterocycles. The molecule has 0 aliphatic heterocycles. The molecule has 1 fully saturated rings. The Morgan fingerprint density at radius 1 is 1.17 bits per heavy atom. The zero-order valence-corrected chi connectivity index (χ0v) is 16.5. The van der Waals surface area contributed by atoms with Crippen LogP contribution in [0.2, 0.25) is 0 Å². The van der Waals surface area contributed by atoms with Crippen molar-refractivity contribution in [2.75, 3.05) is 18.4 Å². The van der Waals surface area contributed by atoms with E-state index in [9.17, 15) is 27.6 Å². The molecular weight excluding hydrogens is 387 g/mol. The van der Waals surface area contributed by atoms with Crippen LogP contribution in [-0.4, -0.2) is 41.8 Å². The number of nitrogens with one attached hydrogen (secondary N) is 2. The van der Waals surface area contributed by atoms with Crippen molar-refractivity contribution in [2.45, 2.75) is 51.7 Å². The summed E-state index contributed by atoms with van der Waals surface area (Å²) in [4.78, 5) is 38.1. The third kappa shape index (κ3) is 6.20. The van der Waals surface area contributed by atoms with Crippen molar-refractivity contribution in [3.8, 4) is 0 Å². The molecule has 0 saturated heterocycles. The number of amides is 3. The molecule has 29 heavy (non-hydrogen) atoms. The van der Waals surface area contributed by atoms with Gasteiger partial charge >= 0.3 is 6.18 Å². The summed E-state index contributed by atoms with van der Waals surface area (Å²) in [5.74, 6) is -1.47. The summed E-state index contributed by atoms with van der Waals surface area (Å²) in [7, 11) is 0. The largest absolute Gasteiger partial charge is 0.418 e. The summed E-state index contributed by atoms with van der Waals surface area (Å²) in [6, 6.07) is 3.94. The van der Waals surface area contributed by atoms with E-state index in [1.165, 1.54) is 24.0 Å². The average Bonchev–Trinajstić information content (AvgIpc) is 3.17. The molecule has 2 N–H and O–H groups in total. The summed E-state index contributed by atoms with van der Waals surface area (Å²) >= 11 is 0. The fourth-order valence-electron chi connectivity index (χ4n) is 3.64. The van der Waals surface area contributed by atoms with Gasteiger partial charge < -0.3 is 15.5 Å². The van der Waals surface area contributed by atoms with Gasteiger partial charge in [0.2, 0.25) is 17.7 Å². The van der Waals surface area contributed by atoms with Gasteiger partial charge in [-0.1, -0.05) is 25.0 Å². The molecule has 1 aliphatic carbocycles. The molecule has 1 aromatic carbocycles. The van der Waals surface area contributed by atoms with Crippen LogP contribution >= 0.6 is 0 Å². The second-order valence-electron chi connectivity index (χ2n) is 7.17. The molecule has 1 saturated carbocycles. The third-order valence-electron chi connectivity index (χ3n) is 5.03. The van der Waals surface area contributed by atoms with Crippen LogP contribution in [-0.2, 0) is 20.6 Å². The van der Waals surface area contributed by atoms with E-state index in [0.29, 0.717) is 0 Å². The molecular formula is C20H26F3N3O3. The second kappa shape index (κ2) is 9.76. The molecule has 3 amide bonds. The van der Waals surface area contributed by atoms with Crippen LogP contribution in [0.3, 0.4) is 0 Å². The van der Waals surface area contributed by atoms with Gasteiger partial charge in [0, 0.05) is 13.5 Å². The van der Waals surface area contributed by atoms with Gasteiger partial charge in [-0.05, 0) is 37.8 Å². The maximum atomic E-state index is 13.1. The standard InChI is InChI=1S/C20H26F3N3O3/c1-3-26(19(29)18(24-13(2)27)14-8-4-5-9-14)12-17(28)25-16-11-7-6-10-15(16)20(21,22)23/h6-7,10-11,14,18H,3-5,8-9,12H2,1-2H3,(H,24,27)(H,25,28). The van der Waals surface area contributed by atoms with Crippen molar-refractivity contribution >= 4 is 23.4 Å². The fourth-order valence-corrected chi connectivity index (χ4v) is 3.64. The topological polar surface area (TPSA) is 78.5 Å². The Bertz CT molecular complexity index is 746. The number of rotatable bonds is 7. The Morgan fingerprint density at radius 3 is 2.34 bits per heavy atom. The number of para-hydroxylation sites is 1. The lowest BCUT2D eigenvalue weighted by Crippen LogP contribution is -2.52. The Labute approximate surface area is 167 Å². The molecule has 0 aromatic heterocycles. The number of halogens is 3. The molecule has 1 aromatic rings. The van der Waals surface area contributed by atoms with Crippen LogP contribution < -0.4 is 10.6 Å². The minimum absolute atomic E-state index is 0.00512. The quantitative estimate of drug-likeness (QED) is 0.721. The summed E-state index contributed by atoms with van der Waals surface area (Å²) in [5.41, 5.74) is -1.31. The monoisotopic (exact) mass is 413 g/mol. The first kappa shape index (κ1) is 22.7. The van der Waals surface area contributed by atoms with Crippen molar-refractivity contribution < 1.29 is 27.6 Å². The number of carbonyl (C=O) groups excluding carboxylic acids is 3. The zero-order chi connectivity index (χ0) is 21.6. The van der Waals surface area contributed by atoms with Crippen LogP contribution in [0.1, 0.15) is 45.1 Å². The van der Waals surface area contributed by atoms with Crippen LogP contribution in [0.4, 0.5) is 18.9 Å². The normalized spacial score (nSPS) is 15.6. The first-order chi connectivity index (χ1) is 13.6. The first-order valence-corrected chi connectivity index (χ1v) is 9.65. The second-order valence-corrected chi connectivity index (χ2v) is 7.17. The van der Waals surface area contributed by atoms with Crippen molar-refractivity contribution in [1.29, 1.82) is 0 Å². The molecule has 1 atom stereocenters.